The van der Waals surface area contributed by atoms with Gasteiger partial charge in [0, 0.05) is 19.4 Å². The van der Waals surface area contributed by atoms with Crippen LogP contribution < -0.4 is 11.3 Å². The summed E-state index contributed by atoms with van der Waals surface area (Å²) in [6, 6.07) is -0.972. The van der Waals surface area contributed by atoms with Crippen LogP contribution in [0.25, 0.3) is 0 Å². The normalized spacial score (nSPS) is 27.5. The lowest BCUT2D eigenvalue weighted by atomic mass is 9.95. The van der Waals surface area contributed by atoms with Crippen LogP contribution in [0.3, 0.4) is 0 Å². The van der Waals surface area contributed by atoms with Gasteiger partial charge in [-0.25, -0.2) is 8.78 Å². The molecule has 0 aromatic rings. The number of alkyl halides is 2. The number of hydrazine groups is 1. The van der Waals surface area contributed by atoms with E-state index in [2.05, 4.69) is 5.43 Å². The lowest BCUT2D eigenvalue weighted by molar-refractivity contribution is -0.0396. The molecule has 1 fully saturated rings. The van der Waals surface area contributed by atoms with Crippen molar-refractivity contribution in [1.82, 2.24) is 5.43 Å². The molecule has 5 heteroatoms. The van der Waals surface area contributed by atoms with Crippen LogP contribution in [0.5, 0.6) is 0 Å². The van der Waals surface area contributed by atoms with Gasteiger partial charge in [0.2, 0.25) is 0 Å². The van der Waals surface area contributed by atoms with Crippen molar-refractivity contribution < 1.29 is 13.5 Å². The van der Waals surface area contributed by atoms with E-state index in [4.69, 9.17) is 10.6 Å². The minimum atomic E-state index is -2.78. The molecule has 3 nitrogen and oxygen atoms in total. The summed E-state index contributed by atoms with van der Waals surface area (Å²) in [6.45, 7) is 1.80. The van der Waals surface area contributed by atoms with Gasteiger partial charge in [-0.15, -0.1) is 0 Å². The van der Waals surface area contributed by atoms with Crippen molar-refractivity contribution in [1.29, 1.82) is 0 Å². The first-order valence-electron chi connectivity index (χ1n) is 3.97. The second kappa shape index (κ2) is 3.64. The molecule has 0 aliphatic carbocycles. The predicted molar refractivity (Wildman–Crippen MR) is 40.7 cm³/mol. The summed E-state index contributed by atoms with van der Waals surface area (Å²) >= 11 is 0. The Morgan fingerprint density at radius 3 is 2.67 bits per heavy atom. The van der Waals surface area contributed by atoms with E-state index in [1.807, 2.05) is 0 Å². The first-order chi connectivity index (χ1) is 5.55. The fourth-order valence-corrected chi connectivity index (χ4v) is 1.51. The van der Waals surface area contributed by atoms with Crippen LogP contribution in [0.2, 0.25) is 0 Å². The Morgan fingerprint density at radius 2 is 2.33 bits per heavy atom. The summed E-state index contributed by atoms with van der Waals surface area (Å²) < 4.78 is 30.7. The Labute approximate surface area is 70.2 Å². The van der Waals surface area contributed by atoms with Crippen molar-refractivity contribution in [3.05, 3.63) is 0 Å². The maximum absolute atomic E-state index is 12.8. The number of halogens is 2. The maximum atomic E-state index is 12.8. The second-order valence-corrected chi connectivity index (χ2v) is 3.22. The van der Waals surface area contributed by atoms with Gasteiger partial charge in [-0.05, 0) is 6.42 Å². The minimum absolute atomic E-state index is 0.171. The fourth-order valence-electron chi connectivity index (χ4n) is 1.51. The fraction of sp³-hybridized carbons (Fsp3) is 1.00. The Bertz CT molecular complexity index is 143. The smallest absolute Gasteiger partial charge is 0.262 e. The van der Waals surface area contributed by atoms with Gasteiger partial charge in [0.15, 0.2) is 0 Å². The molecule has 0 bridgehead atoms. The molecule has 3 N–H and O–H groups in total. The summed E-state index contributed by atoms with van der Waals surface area (Å²) in [7, 11) is 0. The summed E-state index contributed by atoms with van der Waals surface area (Å²) in [6.07, 6.45) is 0.651. The molecule has 2 atom stereocenters. The highest BCUT2D eigenvalue weighted by Gasteiger charge is 2.40. The number of hydrogen-bond donors (Lipinski definition) is 2. The number of rotatable bonds is 3. The van der Waals surface area contributed by atoms with Gasteiger partial charge in [0.1, 0.15) is 0 Å². The van der Waals surface area contributed by atoms with Crippen molar-refractivity contribution in [3.63, 3.8) is 0 Å². The zero-order valence-electron chi connectivity index (χ0n) is 7.02. The van der Waals surface area contributed by atoms with E-state index in [9.17, 15) is 8.78 Å². The largest absolute Gasteiger partial charge is 0.381 e. The molecule has 0 aromatic carbocycles. The molecule has 2 unspecified atom stereocenters. The average molecular weight is 180 g/mol. The monoisotopic (exact) mass is 180 g/mol. The van der Waals surface area contributed by atoms with Crippen molar-refractivity contribution in [2.45, 2.75) is 25.3 Å². The van der Waals surface area contributed by atoms with Crippen molar-refractivity contribution in [3.8, 4) is 0 Å². The third-order valence-electron chi connectivity index (χ3n) is 2.16. The zero-order valence-corrected chi connectivity index (χ0v) is 7.02. The lowest BCUT2D eigenvalue weighted by Crippen LogP contribution is -2.51. The molecule has 1 aliphatic heterocycles. The molecule has 0 spiro atoms. The molecule has 0 amide bonds. The van der Waals surface area contributed by atoms with Crippen molar-refractivity contribution in [2.75, 3.05) is 13.2 Å². The lowest BCUT2D eigenvalue weighted by Gasteiger charge is -2.27. The highest BCUT2D eigenvalue weighted by atomic mass is 19.3. The Morgan fingerprint density at radius 1 is 1.67 bits per heavy atom. The molecule has 0 saturated carbocycles. The van der Waals surface area contributed by atoms with Gasteiger partial charge < -0.3 is 4.74 Å². The van der Waals surface area contributed by atoms with Crippen LogP contribution in [0.1, 0.15) is 13.3 Å². The van der Waals surface area contributed by atoms with Gasteiger partial charge in [0.05, 0.1) is 12.6 Å². The van der Waals surface area contributed by atoms with E-state index in [1.54, 1.807) is 0 Å². The van der Waals surface area contributed by atoms with E-state index >= 15 is 0 Å². The Hall–Kier alpha value is -0.260. The van der Waals surface area contributed by atoms with Gasteiger partial charge in [-0.2, -0.15) is 0 Å². The van der Waals surface area contributed by atoms with Crippen LogP contribution >= 0.6 is 0 Å². The first-order valence-corrected chi connectivity index (χ1v) is 3.97. The standard InChI is InChI=1S/C7H14F2N2O/c1-7(8,9)6(11-10)5-2-3-12-4-5/h5-6,11H,2-4,10H2,1H3. The molecule has 1 saturated heterocycles. The van der Waals surface area contributed by atoms with Gasteiger partial charge in [-0.3, -0.25) is 11.3 Å². The van der Waals surface area contributed by atoms with Crippen LogP contribution in [-0.4, -0.2) is 25.2 Å². The summed E-state index contributed by atoms with van der Waals surface area (Å²) in [4.78, 5) is 0. The van der Waals surface area contributed by atoms with Gasteiger partial charge in [0.25, 0.3) is 5.92 Å². The summed E-state index contributed by atoms with van der Waals surface area (Å²) in [5.41, 5.74) is 2.15. The van der Waals surface area contributed by atoms with Crippen LogP contribution in [0.15, 0.2) is 0 Å². The molecule has 1 heterocycles. The van der Waals surface area contributed by atoms with Crippen molar-refractivity contribution >= 4 is 0 Å². The molecular weight excluding hydrogens is 166 g/mol. The minimum Gasteiger partial charge on any atom is -0.381 e. The Balaban J connectivity index is 2.54. The quantitative estimate of drug-likeness (QED) is 0.491. The maximum Gasteiger partial charge on any atom is 0.262 e. The highest BCUT2D eigenvalue weighted by molar-refractivity contribution is 4.86. The number of ether oxygens (including phenoxy) is 1. The van der Waals surface area contributed by atoms with Gasteiger partial charge in [-0.1, -0.05) is 0 Å². The van der Waals surface area contributed by atoms with Crippen LogP contribution in [0.4, 0.5) is 8.78 Å². The summed E-state index contributed by atoms with van der Waals surface area (Å²) in [5.74, 6) is 2.10. The molecule has 1 rings (SSSR count). The van der Waals surface area contributed by atoms with Crippen LogP contribution in [-0.2, 0) is 4.74 Å². The van der Waals surface area contributed by atoms with E-state index < -0.39 is 12.0 Å². The van der Waals surface area contributed by atoms with E-state index in [-0.39, 0.29) is 5.92 Å². The summed E-state index contributed by atoms with van der Waals surface area (Å²) in [5, 5.41) is 0. The molecule has 12 heavy (non-hydrogen) atoms. The molecule has 1 aliphatic rings. The van der Waals surface area contributed by atoms with Gasteiger partial charge >= 0.3 is 0 Å². The van der Waals surface area contributed by atoms with E-state index in [0.717, 1.165) is 6.92 Å². The third kappa shape index (κ3) is 2.12. The topological polar surface area (TPSA) is 47.3 Å². The molecule has 72 valence electrons. The van der Waals surface area contributed by atoms with E-state index in [0.29, 0.717) is 19.6 Å². The SMILES string of the molecule is CC(F)(F)C(NN)C1CCOC1. The second-order valence-electron chi connectivity index (χ2n) is 3.22. The zero-order chi connectivity index (χ0) is 9.19. The number of nitrogens with two attached hydrogens (primary N) is 1. The highest BCUT2D eigenvalue weighted by Crippen LogP contribution is 2.27. The van der Waals surface area contributed by atoms with E-state index in [1.165, 1.54) is 0 Å². The van der Waals surface area contributed by atoms with Crippen LogP contribution in [0, 0.1) is 5.92 Å². The molecular formula is C7H14F2N2O. The number of hydrogen-bond acceptors (Lipinski definition) is 3. The predicted octanol–water partition coefficient (Wildman–Crippen LogP) is 0.510. The first kappa shape index (κ1) is 9.83. The number of nitrogens with one attached hydrogen (secondary N) is 1. The molecule has 0 radical (unpaired) electrons. The average Bonchev–Trinajstić information content (AvgIpc) is 2.38. The molecule has 0 aromatic heterocycles. The Kier molecular flexibility index (Phi) is 2.98. The van der Waals surface area contributed by atoms with Crippen molar-refractivity contribution in [2.24, 2.45) is 11.8 Å². The third-order valence-corrected chi connectivity index (χ3v) is 2.16.